The van der Waals surface area contributed by atoms with Gasteiger partial charge < -0.3 is 10.3 Å². The van der Waals surface area contributed by atoms with Crippen molar-refractivity contribution in [3.63, 3.8) is 0 Å². The Morgan fingerprint density at radius 3 is 2.92 bits per heavy atom. The number of aromatic amines is 1. The third-order valence-corrected chi connectivity index (χ3v) is 1.54. The van der Waals surface area contributed by atoms with Crippen molar-refractivity contribution in [2.75, 3.05) is 0 Å². The van der Waals surface area contributed by atoms with E-state index in [1.807, 2.05) is 32.2 Å². The van der Waals surface area contributed by atoms with E-state index in [2.05, 4.69) is 10.3 Å². The van der Waals surface area contributed by atoms with Crippen molar-refractivity contribution in [3.05, 3.63) is 35.7 Å². The van der Waals surface area contributed by atoms with Crippen molar-refractivity contribution in [1.29, 1.82) is 0 Å². The molecule has 1 aromatic rings. The average Bonchev–Trinajstić information content (AvgIpc) is 2.51. The molecule has 3 heteroatoms. The molecular formula is C10H14N2O. The van der Waals surface area contributed by atoms with Crippen LogP contribution < -0.4 is 5.32 Å². The van der Waals surface area contributed by atoms with E-state index in [0.717, 1.165) is 11.3 Å². The van der Waals surface area contributed by atoms with E-state index in [4.69, 9.17) is 0 Å². The van der Waals surface area contributed by atoms with Crippen molar-refractivity contribution in [2.24, 2.45) is 0 Å². The van der Waals surface area contributed by atoms with E-state index in [-0.39, 0.29) is 5.91 Å². The van der Waals surface area contributed by atoms with E-state index in [9.17, 15) is 4.79 Å². The number of carbonyl (C=O) groups excluding carboxylic acids is 1. The second-order valence-electron chi connectivity index (χ2n) is 3.13. The van der Waals surface area contributed by atoms with Crippen LogP contribution in [0.3, 0.4) is 0 Å². The molecule has 13 heavy (non-hydrogen) atoms. The minimum Gasteiger partial charge on any atom is -0.364 e. The number of amides is 1. The molecular weight excluding hydrogens is 164 g/mol. The first-order valence-electron chi connectivity index (χ1n) is 4.23. The summed E-state index contributed by atoms with van der Waals surface area (Å²) in [6.45, 7) is 4.35. The summed E-state index contributed by atoms with van der Waals surface area (Å²) in [5, 5.41) is 2.77. The number of rotatable bonds is 3. The molecule has 0 saturated heterocycles. The third kappa shape index (κ3) is 3.60. The summed E-state index contributed by atoms with van der Waals surface area (Å²) in [6, 6.07) is 3.84. The monoisotopic (exact) mass is 178 g/mol. The standard InChI is InChI=1S/C10H14N2O/c1-8(2)6-10(13)12-7-9-4-3-5-11-9/h3-6,11H,7H2,1-2H3,(H,12,13). The van der Waals surface area contributed by atoms with Gasteiger partial charge in [0.2, 0.25) is 5.91 Å². The molecule has 0 aliphatic rings. The summed E-state index contributed by atoms with van der Waals surface area (Å²) in [7, 11) is 0. The highest BCUT2D eigenvalue weighted by Crippen LogP contribution is 1.93. The zero-order chi connectivity index (χ0) is 9.68. The van der Waals surface area contributed by atoms with Crippen molar-refractivity contribution >= 4 is 5.91 Å². The van der Waals surface area contributed by atoms with Crippen molar-refractivity contribution in [3.8, 4) is 0 Å². The van der Waals surface area contributed by atoms with Crippen LogP contribution in [-0.2, 0) is 11.3 Å². The smallest absolute Gasteiger partial charge is 0.244 e. The Balaban J connectivity index is 2.35. The second-order valence-corrected chi connectivity index (χ2v) is 3.13. The lowest BCUT2D eigenvalue weighted by atomic mass is 10.3. The van der Waals surface area contributed by atoms with Crippen LogP contribution >= 0.6 is 0 Å². The maximum absolute atomic E-state index is 11.1. The number of allylic oxidation sites excluding steroid dienone is 1. The first kappa shape index (κ1) is 9.58. The molecule has 0 atom stereocenters. The van der Waals surface area contributed by atoms with Gasteiger partial charge >= 0.3 is 0 Å². The maximum atomic E-state index is 11.1. The highest BCUT2D eigenvalue weighted by atomic mass is 16.1. The Hall–Kier alpha value is -1.51. The van der Waals surface area contributed by atoms with Gasteiger partial charge in [0.25, 0.3) is 0 Å². The first-order valence-corrected chi connectivity index (χ1v) is 4.23. The van der Waals surface area contributed by atoms with Gasteiger partial charge in [0.15, 0.2) is 0 Å². The van der Waals surface area contributed by atoms with Crippen LogP contribution in [0.15, 0.2) is 30.0 Å². The molecule has 0 radical (unpaired) electrons. The van der Waals surface area contributed by atoms with E-state index in [1.165, 1.54) is 0 Å². The molecule has 1 aromatic heterocycles. The molecule has 1 amide bonds. The van der Waals surface area contributed by atoms with Gasteiger partial charge in [-0.05, 0) is 26.0 Å². The van der Waals surface area contributed by atoms with E-state index in [1.54, 1.807) is 6.08 Å². The molecule has 0 aromatic carbocycles. The largest absolute Gasteiger partial charge is 0.364 e. The van der Waals surface area contributed by atoms with E-state index in [0.29, 0.717) is 6.54 Å². The lowest BCUT2D eigenvalue weighted by molar-refractivity contribution is -0.116. The molecule has 1 rings (SSSR count). The Labute approximate surface area is 77.9 Å². The number of H-pyrrole nitrogens is 1. The van der Waals surface area contributed by atoms with Gasteiger partial charge in [0.1, 0.15) is 0 Å². The molecule has 0 saturated carbocycles. The number of hydrogen-bond donors (Lipinski definition) is 2. The zero-order valence-corrected chi connectivity index (χ0v) is 7.92. The van der Waals surface area contributed by atoms with Gasteiger partial charge in [-0.1, -0.05) is 5.57 Å². The van der Waals surface area contributed by atoms with Gasteiger partial charge in [-0.25, -0.2) is 0 Å². The predicted octanol–water partition coefficient (Wildman–Crippen LogP) is 1.60. The first-order chi connectivity index (χ1) is 6.18. The molecule has 0 fully saturated rings. The topological polar surface area (TPSA) is 44.9 Å². The lowest BCUT2D eigenvalue weighted by Gasteiger charge is -1.99. The van der Waals surface area contributed by atoms with Crippen LogP contribution in [0.5, 0.6) is 0 Å². The summed E-state index contributed by atoms with van der Waals surface area (Å²) in [5.74, 6) is -0.0467. The van der Waals surface area contributed by atoms with Crippen molar-refractivity contribution < 1.29 is 4.79 Å². The quantitative estimate of drug-likeness (QED) is 0.678. The van der Waals surface area contributed by atoms with Gasteiger partial charge in [-0.3, -0.25) is 4.79 Å². The van der Waals surface area contributed by atoms with Gasteiger partial charge in [-0.15, -0.1) is 0 Å². The second kappa shape index (κ2) is 4.50. The molecule has 0 unspecified atom stereocenters. The highest BCUT2D eigenvalue weighted by molar-refractivity contribution is 5.87. The van der Waals surface area contributed by atoms with Crippen molar-refractivity contribution in [2.45, 2.75) is 20.4 Å². The number of hydrogen-bond acceptors (Lipinski definition) is 1. The van der Waals surface area contributed by atoms with Crippen molar-refractivity contribution in [1.82, 2.24) is 10.3 Å². The molecule has 1 heterocycles. The fourth-order valence-electron chi connectivity index (χ4n) is 0.973. The fourth-order valence-corrected chi connectivity index (χ4v) is 0.973. The highest BCUT2D eigenvalue weighted by Gasteiger charge is 1.96. The normalized spacial score (nSPS) is 9.38. The average molecular weight is 178 g/mol. The number of aromatic nitrogens is 1. The molecule has 2 N–H and O–H groups in total. The van der Waals surface area contributed by atoms with Crippen LogP contribution in [0.2, 0.25) is 0 Å². The number of nitrogens with one attached hydrogen (secondary N) is 2. The molecule has 0 aliphatic heterocycles. The predicted molar refractivity (Wildman–Crippen MR) is 52.1 cm³/mol. The van der Waals surface area contributed by atoms with Crippen LogP contribution in [0.25, 0.3) is 0 Å². The maximum Gasteiger partial charge on any atom is 0.244 e. The van der Waals surface area contributed by atoms with E-state index < -0.39 is 0 Å². The van der Waals surface area contributed by atoms with Crippen LogP contribution in [0, 0.1) is 0 Å². The summed E-state index contributed by atoms with van der Waals surface area (Å²) in [5.41, 5.74) is 2.01. The van der Waals surface area contributed by atoms with Crippen LogP contribution in [0.1, 0.15) is 19.5 Å². The lowest BCUT2D eigenvalue weighted by Crippen LogP contribution is -2.20. The molecule has 0 spiro atoms. The van der Waals surface area contributed by atoms with Gasteiger partial charge in [0.05, 0.1) is 6.54 Å². The van der Waals surface area contributed by atoms with Gasteiger partial charge in [0, 0.05) is 18.0 Å². The summed E-state index contributed by atoms with van der Waals surface area (Å²) >= 11 is 0. The Morgan fingerprint density at radius 2 is 2.38 bits per heavy atom. The molecule has 0 aliphatic carbocycles. The Bertz CT molecular complexity index is 295. The van der Waals surface area contributed by atoms with Crippen LogP contribution in [-0.4, -0.2) is 10.9 Å². The SMILES string of the molecule is CC(C)=CC(=O)NCc1ccc[nH]1. The summed E-state index contributed by atoms with van der Waals surface area (Å²) < 4.78 is 0. The van der Waals surface area contributed by atoms with E-state index >= 15 is 0 Å². The van der Waals surface area contributed by atoms with Crippen LogP contribution in [0.4, 0.5) is 0 Å². The molecule has 3 nitrogen and oxygen atoms in total. The summed E-state index contributed by atoms with van der Waals surface area (Å²) in [4.78, 5) is 14.2. The Morgan fingerprint density at radius 1 is 1.62 bits per heavy atom. The minimum absolute atomic E-state index is 0.0467. The molecule has 70 valence electrons. The third-order valence-electron chi connectivity index (χ3n) is 1.54. The zero-order valence-electron chi connectivity index (χ0n) is 7.92. The Kier molecular flexibility index (Phi) is 3.31. The van der Waals surface area contributed by atoms with Gasteiger partial charge in [-0.2, -0.15) is 0 Å². The molecule has 0 bridgehead atoms. The number of carbonyl (C=O) groups is 1. The fraction of sp³-hybridized carbons (Fsp3) is 0.300. The minimum atomic E-state index is -0.0467. The summed E-state index contributed by atoms with van der Waals surface area (Å²) in [6.07, 6.45) is 3.42.